The van der Waals surface area contributed by atoms with Gasteiger partial charge in [-0.3, -0.25) is 13.9 Å². The second-order valence-electron chi connectivity index (χ2n) is 8.81. The Balaban J connectivity index is 1.90. The molecule has 1 saturated carbocycles. The van der Waals surface area contributed by atoms with Crippen LogP contribution >= 0.6 is 34.2 Å². The third-order valence-electron chi connectivity index (χ3n) is 6.15. The van der Waals surface area contributed by atoms with Crippen molar-refractivity contribution in [2.75, 3.05) is 17.1 Å². The molecule has 0 bridgehead atoms. The molecule has 10 heteroatoms. The van der Waals surface area contributed by atoms with E-state index in [1.807, 2.05) is 6.92 Å². The van der Waals surface area contributed by atoms with Gasteiger partial charge in [0.05, 0.1) is 11.9 Å². The zero-order valence-electron chi connectivity index (χ0n) is 19.9. The minimum Gasteiger partial charge on any atom is -0.352 e. The first-order valence-electron chi connectivity index (χ1n) is 11.7. The van der Waals surface area contributed by atoms with Gasteiger partial charge in [0.25, 0.3) is 0 Å². The number of sulfonamides is 1. The van der Waals surface area contributed by atoms with E-state index < -0.39 is 28.5 Å². The zero-order valence-corrected chi connectivity index (χ0v) is 23.6. The van der Waals surface area contributed by atoms with E-state index in [9.17, 15) is 18.0 Å². The standard InChI is InChI=1S/C25H31ClIN3O4S/c1-3-23(25(32)28-21-6-4-5-7-21)29(16-18-8-10-19(26)11-9-18)24(31)17-30(35(2,33)34)22-14-12-20(27)13-15-22/h8-15,21,23H,3-7,16-17H2,1-2H3,(H,28,32)/t23-/m1/s1. The Morgan fingerprint density at radius 3 is 2.23 bits per heavy atom. The van der Waals surface area contributed by atoms with E-state index in [0.717, 1.165) is 45.4 Å². The van der Waals surface area contributed by atoms with Gasteiger partial charge in [0.2, 0.25) is 21.8 Å². The highest BCUT2D eigenvalue weighted by Crippen LogP contribution is 2.22. The number of halogens is 2. The summed E-state index contributed by atoms with van der Waals surface area (Å²) in [5.74, 6) is -0.653. The smallest absolute Gasteiger partial charge is 0.244 e. The number of rotatable bonds is 10. The summed E-state index contributed by atoms with van der Waals surface area (Å²) in [6, 6.07) is 13.4. The Hall–Kier alpha value is -1.85. The fraction of sp³-hybridized carbons (Fsp3) is 0.440. The lowest BCUT2D eigenvalue weighted by Gasteiger charge is -2.33. The van der Waals surface area contributed by atoms with E-state index in [1.54, 1.807) is 48.5 Å². The van der Waals surface area contributed by atoms with Gasteiger partial charge in [0, 0.05) is 21.2 Å². The van der Waals surface area contributed by atoms with Gasteiger partial charge in [-0.1, -0.05) is 43.5 Å². The molecule has 1 N–H and O–H groups in total. The molecule has 0 saturated heterocycles. The monoisotopic (exact) mass is 631 g/mol. The SMILES string of the molecule is CC[C@H](C(=O)NC1CCCC1)N(Cc1ccc(Cl)cc1)C(=O)CN(c1ccc(I)cc1)S(C)(=O)=O. The van der Waals surface area contributed by atoms with Crippen LogP contribution in [0.4, 0.5) is 5.69 Å². The number of anilines is 1. The van der Waals surface area contributed by atoms with Crippen molar-refractivity contribution in [2.45, 2.75) is 57.7 Å². The fourth-order valence-electron chi connectivity index (χ4n) is 4.29. The zero-order chi connectivity index (χ0) is 25.6. The van der Waals surface area contributed by atoms with Gasteiger partial charge in [-0.2, -0.15) is 0 Å². The molecule has 2 aromatic carbocycles. The lowest BCUT2D eigenvalue weighted by molar-refractivity contribution is -0.140. The predicted molar refractivity (Wildman–Crippen MR) is 148 cm³/mol. The number of amides is 2. The van der Waals surface area contributed by atoms with Gasteiger partial charge in [-0.15, -0.1) is 0 Å². The van der Waals surface area contributed by atoms with Crippen LogP contribution in [0.25, 0.3) is 0 Å². The lowest BCUT2D eigenvalue weighted by atomic mass is 10.1. The van der Waals surface area contributed by atoms with Crippen LogP contribution in [0.3, 0.4) is 0 Å². The van der Waals surface area contributed by atoms with Crippen LogP contribution in [0.1, 0.15) is 44.6 Å². The Kier molecular flexibility index (Phi) is 9.83. The summed E-state index contributed by atoms with van der Waals surface area (Å²) in [4.78, 5) is 28.4. The van der Waals surface area contributed by atoms with Crippen LogP contribution in [0, 0.1) is 3.57 Å². The Morgan fingerprint density at radius 2 is 1.69 bits per heavy atom. The number of benzene rings is 2. The van der Waals surface area contributed by atoms with E-state index >= 15 is 0 Å². The van der Waals surface area contributed by atoms with Gasteiger partial charge < -0.3 is 10.2 Å². The highest BCUT2D eigenvalue weighted by Gasteiger charge is 2.33. The number of carbonyl (C=O) groups is 2. The highest BCUT2D eigenvalue weighted by atomic mass is 127. The van der Waals surface area contributed by atoms with Crippen LogP contribution < -0.4 is 9.62 Å². The third kappa shape index (κ3) is 7.82. The average molecular weight is 632 g/mol. The molecule has 1 fully saturated rings. The molecular weight excluding hydrogens is 601 g/mol. The summed E-state index contributed by atoms with van der Waals surface area (Å²) in [6.45, 7) is 1.62. The van der Waals surface area contributed by atoms with Crippen molar-refractivity contribution in [2.24, 2.45) is 0 Å². The van der Waals surface area contributed by atoms with Crippen molar-refractivity contribution in [3.05, 3.63) is 62.7 Å². The molecule has 0 heterocycles. The summed E-state index contributed by atoms with van der Waals surface area (Å²) < 4.78 is 27.3. The first kappa shape index (κ1) is 27.7. The Labute approximate surface area is 226 Å². The number of nitrogens with zero attached hydrogens (tertiary/aromatic N) is 2. The summed E-state index contributed by atoms with van der Waals surface area (Å²) in [5.41, 5.74) is 1.20. The van der Waals surface area contributed by atoms with Crippen LogP contribution in [-0.2, 0) is 26.2 Å². The van der Waals surface area contributed by atoms with E-state index in [2.05, 4.69) is 27.9 Å². The molecule has 1 atom stereocenters. The molecule has 1 aliphatic rings. The van der Waals surface area contributed by atoms with Crippen molar-refractivity contribution in [1.29, 1.82) is 0 Å². The molecule has 0 spiro atoms. The Bertz CT molecular complexity index is 1120. The van der Waals surface area contributed by atoms with Crippen LogP contribution in [-0.4, -0.2) is 50.0 Å². The quantitative estimate of drug-likeness (QED) is 0.389. The van der Waals surface area contributed by atoms with Crippen molar-refractivity contribution < 1.29 is 18.0 Å². The second-order valence-corrected chi connectivity index (χ2v) is 12.4. The molecular formula is C25H31ClIN3O4S. The number of nitrogens with one attached hydrogen (secondary N) is 1. The van der Waals surface area contributed by atoms with Gasteiger partial charge in [-0.05, 0) is 83.8 Å². The molecule has 190 valence electrons. The molecule has 2 amide bonds. The minimum atomic E-state index is -3.74. The largest absolute Gasteiger partial charge is 0.352 e. The van der Waals surface area contributed by atoms with E-state index in [-0.39, 0.29) is 18.5 Å². The molecule has 0 aliphatic heterocycles. The average Bonchev–Trinajstić information content (AvgIpc) is 3.31. The molecule has 7 nitrogen and oxygen atoms in total. The van der Waals surface area contributed by atoms with E-state index in [1.165, 1.54) is 4.90 Å². The van der Waals surface area contributed by atoms with Crippen molar-refractivity contribution in [3.8, 4) is 0 Å². The number of carbonyl (C=O) groups excluding carboxylic acids is 2. The van der Waals surface area contributed by atoms with Crippen LogP contribution in [0.15, 0.2) is 48.5 Å². The summed E-state index contributed by atoms with van der Waals surface area (Å²) in [7, 11) is -3.74. The third-order valence-corrected chi connectivity index (χ3v) is 8.26. The van der Waals surface area contributed by atoms with Gasteiger partial charge >= 0.3 is 0 Å². The maximum absolute atomic E-state index is 13.7. The first-order chi connectivity index (χ1) is 16.6. The van der Waals surface area contributed by atoms with Gasteiger partial charge in [-0.25, -0.2) is 8.42 Å². The van der Waals surface area contributed by atoms with Gasteiger partial charge in [0.1, 0.15) is 12.6 Å². The summed E-state index contributed by atoms with van der Waals surface area (Å²) >= 11 is 8.16. The minimum absolute atomic E-state index is 0.114. The topological polar surface area (TPSA) is 86.8 Å². The van der Waals surface area contributed by atoms with Crippen molar-refractivity contribution >= 4 is 61.7 Å². The maximum atomic E-state index is 13.7. The van der Waals surface area contributed by atoms with E-state index in [0.29, 0.717) is 17.1 Å². The number of hydrogen-bond acceptors (Lipinski definition) is 4. The van der Waals surface area contributed by atoms with Crippen LogP contribution in [0.5, 0.6) is 0 Å². The van der Waals surface area contributed by atoms with E-state index in [4.69, 9.17) is 11.6 Å². The molecule has 0 radical (unpaired) electrons. The second kappa shape index (κ2) is 12.4. The molecule has 2 aromatic rings. The molecule has 3 rings (SSSR count). The highest BCUT2D eigenvalue weighted by molar-refractivity contribution is 14.1. The molecule has 1 aliphatic carbocycles. The maximum Gasteiger partial charge on any atom is 0.244 e. The summed E-state index contributed by atoms with van der Waals surface area (Å²) in [5, 5.41) is 3.66. The molecule has 35 heavy (non-hydrogen) atoms. The van der Waals surface area contributed by atoms with Crippen molar-refractivity contribution in [3.63, 3.8) is 0 Å². The normalized spacial score (nSPS) is 15.0. The van der Waals surface area contributed by atoms with Crippen LogP contribution in [0.2, 0.25) is 5.02 Å². The number of hydrogen-bond donors (Lipinski definition) is 1. The van der Waals surface area contributed by atoms with Gasteiger partial charge in [0.15, 0.2) is 0 Å². The molecule has 0 aromatic heterocycles. The van der Waals surface area contributed by atoms with Crippen molar-refractivity contribution in [1.82, 2.24) is 10.2 Å². The Morgan fingerprint density at radius 1 is 1.09 bits per heavy atom. The predicted octanol–water partition coefficient (Wildman–Crippen LogP) is 4.58. The molecule has 0 unspecified atom stereocenters. The first-order valence-corrected chi connectivity index (χ1v) is 15.0. The lowest BCUT2D eigenvalue weighted by Crippen LogP contribution is -2.53. The summed E-state index contributed by atoms with van der Waals surface area (Å²) in [6.07, 6.45) is 5.50. The fourth-order valence-corrected chi connectivity index (χ4v) is 5.63.